The minimum Gasteiger partial charge on any atom is -0.320 e. The topological polar surface area (TPSA) is 12.0 Å². The first-order valence-corrected chi connectivity index (χ1v) is 11.7. The van der Waals surface area contributed by atoms with Crippen molar-refractivity contribution >= 4 is 0 Å². The normalized spacial score (nSPS) is 50.6. The third kappa shape index (κ3) is 2.82. The van der Waals surface area contributed by atoms with E-state index in [4.69, 9.17) is 0 Å². The van der Waals surface area contributed by atoms with Crippen molar-refractivity contribution in [3.05, 3.63) is 0 Å². The Kier molecular flexibility index (Phi) is 5.02. The highest BCUT2D eigenvalue weighted by atomic mass is 14.8. The molecule has 4 aliphatic rings. The summed E-state index contributed by atoms with van der Waals surface area (Å²) >= 11 is 0. The molecule has 1 heteroatoms. The SMILES string of the molecule is CNCCC(C)C1CCC2C3CCC4CCCCC4(C)C3CCC12C. The van der Waals surface area contributed by atoms with E-state index in [0.717, 1.165) is 35.5 Å². The fourth-order valence-electron chi connectivity index (χ4n) is 8.84. The summed E-state index contributed by atoms with van der Waals surface area (Å²) in [6.07, 6.45) is 16.8. The maximum absolute atomic E-state index is 3.39. The molecule has 0 aliphatic heterocycles. The highest BCUT2D eigenvalue weighted by Crippen LogP contribution is 2.68. The molecule has 8 unspecified atom stereocenters. The van der Waals surface area contributed by atoms with Crippen LogP contribution in [0.3, 0.4) is 0 Å². The summed E-state index contributed by atoms with van der Waals surface area (Å²) in [6, 6.07) is 0. The van der Waals surface area contributed by atoms with E-state index in [-0.39, 0.29) is 0 Å². The maximum Gasteiger partial charge on any atom is -0.00493 e. The molecule has 4 rings (SSSR count). The van der Waals surface area contributed by atoms with Gasteiger partial charge in [0.25, 0.3) is 0 Å². The Morgan fingerprint density at radius 2 is 1.68 bits per heavy atom. The standard InChI is InChI=1S/C24H43N/c1-17(13-16-25-4)20-10-11-21-19-9-8-18-7-5-6-14-23(18,2)22(19)12-15-24(20,21)3/h17-22,25H,5-16H2,1-4H3. The van der Waals surface area contributed by atoms with Crippen LogP contribution in [0.4, 0.5) is 0 Å². The van der Waals surface area contributed by atoms with E-state index in [1.807, 2.05) is 0 Å². The molecule has 144 valence electrons. The van der Waals surface area contributed by atoms with E-state index in [9.17, 15) is 0 Å². The zero-order valence-corrected chi connectivity index (χ0v) is 17.4. The summed E-state index contributed by atoms with van der Waals surface area (Å²) in [6.45, 7) is 9.19. The molecule has 0 aromatic heterocycles. The van der Waals surface area contributed by atoms with Crippen molar-refractivity contribution in [1.82, 2.24) is 5.32 Å². The molecule has 0 aromatic rings. The Hall–Kier alpha value is -0.0400. The van der Waals surface area contributed by atoms with Gasteiger partial charge in [-0.05, 0) is 118 Å². The predicted octanol–water partition coefficient (Wildman–Crippen LogP) is 6.28. The lowest BCUT2D eigenvalue weighted by Crippen LogP contribution is -2.53. The molecular weight excluding hydrogens is 302 g/mol. The first kappa shape index (κ1) is 18.3. The van der Waals surface area contributed by atoms with E-state index in [1.165, 1.54) is 38.6 Å². The lowest BCUT2D eigenvalue weighted by atomic mass is 9.44. The van der Waals surface area contributed by atoms with Crippen LogP contribution >= 0.6 is 0 Å². The molecule has 4 aliphatic carbocycles. The number of fused-ring (bicyclic) bond motifs is 5. The second kappa shape index (κ2) is 6.84. The van der Waals surface area contributed by atoms with Crippen LogP contribution in [-0.4, -0.2) is 13.6 Å². The fraction of sp³-hybridized carbons (Fsp3) is 1.00. The lowest BCUT2D eigenvalue weighted by Gasteiger charge is -2.61. The quantitative estimate of drug-likeness (QED) is 0.632. The molecule has 1 nitrogen and oxygen atoms in total. The largest absolute Gasteiger partial charge is 0.320 e. The van der Waals surface area contributed by atoms with Gasteiger partial charge in [0.2, 0.25) is 0 Å². The summed E-state index contributed by atoms with van der Waals surface area (Å²) in [5, 5.41) is 3.39. The Bertz CT molecular complexity index is 473. The van der Waals surface area contributed by atoms with Crippen LogP contribution < -0.4 is 5.32 Å². The van der Waals surface area contributed by atoms with Crippen molar-refractivity contribution in [2.24, 2.45) is 46.3 Å². The zero-order valence-electron chi connectivity index (χ0n) is 17.4. The summed E-state index contributed by atoms with van der Waals surface area (Å²) < 4.78 is 0. The minimum atomic E-state index is 0.659. The van der Waals surface area contributed by atoms with Crippen LogP contribution in [0.25, 0.3) is 0 Å². The van der Waals surface area contributed by atoms with E-state index in [2.05, 4.69) is 33.1 Å². The van der Waals surface area contributed by atoms with Gasteiger partial charge in [-0.2, -0.15) is 0 Å². The van der Waals surface area contributed by atoms with E-state index in [1.54, 1.807) is 38.5 Å². The summed E-state index contributed by atoms with van der Waals surface area (Å²) in [4.78, 5) is 0. The fourth-order valence-corrected chi connectivity index (χ4v) is 8.84. The highest BCUT2D eigenvalue weighted by Gasteiger charge is 2.59. The number of nitrogens with one attached hydrogen (secondary N) is 1. The van der Waals surface area contributed by atoms with Crippen molar-refractivity contribution < 1.29 is 0 Å². The third-order valence-electron chi connectivity index (χ3n) is 10.2. The van der Waals surface area contributed by atoms with Gasteiger partial charge in [0.15, 0.2) is 0 Å². The second-order valence-electron chi connectivity index (χ2n) is 11.0. The molecule has 0 heterocycles. The van der Waals surface area contributed by atoms with Crippen molar-refractivity contribution in [1.29, 1.82) is 0 Å². The van der Waals surface area contributed by atoms with Gasteiger partial charge < -0.3 is 5.32 Å². The first-order valence-electron chi connectivity index (χ1n) is 11.7. The van der Waals surface area contributed by atoms with Crippen molar-refractivity contribution in [2.45, 2.75) is 91.4 Å². The number of hydrogen-bond acceptors (Lipinski definition) is 1. The molecular formula is C24H43N. The smallest absolute Gasteiger partial charge is 0.00493 e. The van der Waals surface area contributed by atoms with Gasteiger partial charge in [-0.3, -0.25) is 0 Å². The van der Waals surface area contributed by atoms with Gasteiger partial charge in [-0.15, -0.1) is 0 Å². The average molecular weight is 346 g/mol. The van der Waals surface area contributed by atoms with Crippen molar-refractivity contribution in [3.8, 4) is 0 Å². The van der Waals surface area contributed by atoms with E-state index >= 15 is 0 Å². The molecule has 8 atom stereocenters. The Morgan fingerprint density at radius 1 is 0.880 bits per heavy atom. The minimum absolute atomic E-state index is 0.659. The van der Waals surface area contributed by atoms with Crippen LogP contribution in [-0.2, 0) is 0 Å². The third-order valence-corrected chi connectivity index (χ3v) is 10.2. The molecule has 0 bridgehead atoms. The Balaban J connectivity index is 1.53. The van der Waals surface area contributed by atoms with Crippen LogP contribution in [0.5, 0.6) is 0 Å². The van der Waals surface area contributed by atoms with Crippen LogP contribution in [0.15, 0.2) is 0 Å². The van der Waals surface area contributed by atoms with Gasteiger partial charge in [0, 0.05) is 0 Å². The summed E-state index contributed by atoms with van der Waals surface area (Å²) in [5.74, 6) is 6.14. The predicted molar refractivity (Wildman–Crippen MR) is 108 cm³/mol. The number of rotatable bonds is 4. The molecule has 0 amide bonds. The molecule has 25 heavy (non-hydrogen) atoms. The van der Waals surface area contributed by atoms with Gasteiger partial charge in [0.1, 0.15) is 0 Å². The molecule has 4 saturated carbocycles. The molecule has 1 N–H and O–H groups in total. The van der Waals surface area contributed by atoms with E-state index in [0.29, 0.717) is 10.8 Å². The van der Waals surface area contributed by atoms with Crippen LogP contribution in [0.2, 0.25) is 0 Å². The Morgan fingerprint density at radius 3 is 2.48 bits per heavy atom. The lowest BCUT2D eigenvalue weighted by molar-refractivity contribution is -0.114. The van der Waals surface area contributed by atoms with Gasteiger partial charge in [-0.25, -0.2) is 0 Å². The summed E-state index contributed by atoms with van der Waals surface area (Å²) in [5.41, 5.74) is 1.37. The van der Waals surface area contributed by atoms with Gasteiger partial charge in [-0.1, -0.05) is 33.6 Å². The zero-order chi connectivity index (χ0) is 17.7. The van der Waals surface area contributed by atoms with Crippen LogP contribution in [0, 0.1) is 46.3 Å². The maximum atomic E-state index is 3.39. The molecule has 0 radical (unpaired) electrons. The Labute approximate surface area is 157 Å². The second-order valence-corrected chi connectivity index (χ2v) is 11.0. The summed E-state index contributed by atoms with van der Waals surface area (Å²) in [7, 11) is 2.11. The average Bonchev–Trinajstić information content (AvgIpc) is 2.96. The van der Waals surface area contributed by atoms with Gasteiger partial charge >= 0.3 is 0 Å². The highest BCUT2D eigenvalue weighted by molar-refractivity contribution is 5.09. The molecule has 0 aromatic carbocycles. The molecule has 0 spiro atoms. The molecule has 4 fully saturated rings. The van der Waals surface area contributed by atoms with Crippen molar-refractivity contribution in [2.75, 3.05) is 13.6 Å². The molecule has 0 saturated heterocycles. The van der Waals surface area contributed by atoms with Crippen LogP contribution in [0.1, 0.15) is 91.4 Å². The van der Waals surface area contributed by atoms with Gasteiger partial charge in [0.05, 0.1) is 0 Å². The number of hydrogen-bond donors (Lipinski definition) is 1. The monoisotopic (exact) mass is 345 g/mol. The van der Waals surface area contributed by atoms with Crippen molar-refractivity contribution in [3.63, 3.8) is 0 Å². The first-order chi connectivity index (χ1) is 12.0. The van der Waals surface area contributed by atoms with E-state index < -0.39 is 0 Å².